The molecule has 0 amide bonds. The van der Waals surface area contributed by atoms with E-state index in [0.29, 0.717) is 39.0 Å². The van der Waals surface area contributed by atoms with Gasteiger partial charge in [0.25, 0.3) is 10.0 Å². The molecular formula is C27H19F4N5O2S2. The lowest BCUT2D eigenvalue weighted by molar-refractivity contribution is 0.521. The van der Waals surface area contributed by atoms with Crippen LogP contribution in [-0.2, 0) is 16.4 Å². The lowest BCUT2D eigenvalue weighted by Crippen LogP contribution is -2.17. The third kappa shape index (κ3) is 5.29. The second-order valence-corrected chi connectivity index (χ2v) is 11.2. The van der Waals surface area contributed by atoms with Gasteiger partial charge in [-0.15, -0.1) is 11.3 Å². The molecule has 0 aliphatic carbocycles. The summed E-state index contributed by atoms with van der Waals surface area (Å²) in [5.41, 5.74) is 0.641. The van der Waals surface area contributed by atoms with Gasteiger partial charge in [0.05, 0.1) is 28.1 Å². The Labute approximate surface area is 230 Å². The molecule has 40 heavy (non-hydrogen) atoms. The number of sulfonamides is 1. The van der Waals surface area contributed by atoms with Crippen LogP contribution in [0.5, 0.6) is 0 Å². The highest BCUT2D eigenvalue weighted by atomic mass is 32.2. The second kappa shape index (κ2) is 10.7. The summed E-state index contributed by atoms with van der Waals surface area (Å²) in [4.78, 5) is 16.3. The fourth-order valence-electron chi connectivity index (χ4n) is 3.97. The van der Waals surface area contributed by atoms with E-state index >= 15 is 4.39 Å². The van der Waals surface area contributed by atoms with E-state index in [1.165, 1.54) is 24.4 Å². The van der Waals surface area contributed by atoms with Crippen LogP contribution in [0.4, 0.5) is 23.2 Å². The predicted octanol–water partition coefficient (Wildman–Crippen LogP) is 6.56. The first-order valence-electron chi connectivity index (χ1n) is 11.8. The number of thiazole rings is 1. The van der Waals surface area contributed by atoms with Crippen molar-refractivity contribution in [2.75, 3.05) is 4.72 Å². The van der Waals surface area contributed by atoms with Crippen molar-refractivity contribution in [2.45, 2.75) is 25.2 Å². The molecule has 0 radical (unpaired) electrons. The fraction of sp³-hybridized carbons (Fsp3) is 0.111. The largest absolute Gasteiger partial charge is 0.276 e. The van der Waals surface area contributed by atoms with Crippen LogP contribution in [0.1, 0.15) is 18.3 Å². The highest BCUT2D eigenvalue weighted by Crippen LogP contribution is 2.42. The van der Waals surface area contributed by atoms with Gasteiger partial charge in [-0.25, -0.2) is 40.9 Å². The van der Waals surface area contributed by atoms with Crippen LogP contribution >= 0.6 is 11.3 Å². The Balaban J connectivity index is 1.69. The molecule has 2 aromatic carbocycles. The van der Waals surface area contributed by atoms with Crippen LogP contribution in [0.15, 0.2) is 66.0 Å². The maximum absolute atomic E-state index is 16.0. The molecular weight excluding hydrogens is 566 g/mol. The maximum atomic E-state index is 16.0. The van der Waals surface area contributed by atoms with E-state index < -0.39 is 43.9 Å². The quantitative estimate of drug-likeness (QED) is 0.217. The number of nitrogens with zero attached hydrogens (tertiary/aromatic N) is 4. The molecule has 3 heterocycles. The summed E-state index contributed by atoms with van der Waals surface area (Å²) >= 11 is 1.11. The van der Waals surface area contributed by atoms with Gasteiger partial charge in [0.2, 0.25) is 0 Å². The van der Waals surface area contributed by atoms with Crippen LogP contribution in [-0.4, -0.2) is 28.4 Å². The molecule has 0 saturated heterocycles. The average Bonchev–Trinajstić information content (AvgIpc) is 3.35. The fourth-order valence-corrected chi connectivity index (χ4v) is 6.19. The number of rotatable bonds is 7. The van der Waals surface area contributed by atoms with Crippen LogP contribution in [0.25, 0.3) is 32.4 Å². The van der Waals surface area contributed by atoms with Crippen molar-refractivity contribution in [3.05, 3.63) is 95.7 Å². The molecule has 204 valence electrons. The Morgan fingerprint density at radius 1 is 0.975 bits per heavy atom. The summed E-state index contributed by atoms with van der Waals surface area (Å²) in [5, 5.41) is 0.310. The molecule has 0 fully saturated rings. The number of aromatic nitrogens is 4. The van der Waals surface area contributed by atoms with Gasteiger partial charge < -0.3 is 0 Å². The minimum absolute atomic E-state index is 0.101. The molecule has 1 N–H and O–H groups in total. The smallest absolute Gasteiger partial charge is 0.267 e. The Kier molecular flexibility index (Phi) is 7.34. The highest BCUT2D eigenvalue weighted by Gasteiger charge is 2.27. The Hall–Kier alpha value is -4.23. The van der Waals surface area contributed by atoms with Crippen molar-refractivity contribution in [1.82, 2.24) is 19.9 Å². The molecule has 0 saturated carbocycles. The lowest BCUT2D eigenvalue weighted by Gasteiger charge is -2.14. The monoisotopic (exact) mass is 585 g/mol. The predicted molar refractivity (Wildman–Crippen MR) is 143 cm³/mol. The van der Waals surface area contributed by atoms with Gasteiger partial charge in [-0.3, -0.25) is 9.71 Å². The molecule has 0 unspecified atom stereocenters. The number of halogens is 4. The van der Waals surface area contributed by atoms with E-state index in [1.807, 2.05) is 11.6 Å². The number of benzene rings is 2. The molecule has 0 bridgehead atoms. The maximum Gasteiger partial charge on any atom is 0.267 e. The number of hydrogen-bond donors (Lipinski definition) is 1. The van der Waals surface area contributed by atoms with E-state index in [0.717, 1.165) is 35.7 Å². The first-order valence-corrected chi connectivity index (χ1v) is 14.1. The Morgan fingerprint density at radius 2 is 1.73 bits per heavy atom. The second-order valence-electron chi connectivity index (χ2n) is 8.63. The zero-order chi connectivity index (χ0) is 28.6. The van der Waals surface area contributed by atoms with E-state index in [9.17, 15) is 21.6 Å². The topological polar surface area (TPSA) is 97.7 Å². The zero-order valence-corrected chi connectivity index (χ0v) is 22.5. The van der Waals surface area contributed by atoms with Gasteiger partial charge in [-0.2, -0.15) is 0 Å². The lowest BCUT2D eigenvalue weighted by atomic mass is 10.0. The van der Waals surface area contributed by atoms with Crippen molar-refractivity contribution in [3.63, 3.8) is 0 Å². The van der Waals surface area contributed by atoms with E-state index in [2.05, 4.69) is 19.9 Å². The van der Waals surface area contributed by atoms with E-state index in [4.69, 9.17) is 0 Å². The van der Waals surface area contributed by atoms with Crippen molar-refractivity contribution < 1.29 is 26.0 Å². The van der Waals surface area contributed by atoms with E-state index in [-0.39, 0.29) is 11.3 Å². The summed E-state index contributed by atoms with van der Waals surface area (Å²) < 4.78 is 86.3. The van der Waals surface area contributed by atoms with Gasteiger partial charge in [-0.1, -0.05) is 13.0 Å². The minimum atomic E-state index is -4.86. The van der Waals surface area contributed by atoms with Gasteiger partial charge in [0, 0.05) is 29.9 Å². The van der Waals surface area contributed by atoms with Gasteiger partial charge in [-0.05, 0) is 48.9 Å². The molecule has 13 heteroatoms. The van der Waals surface area contributed by atoms with Crippen molar-refractivity contribution in [3.8, 4) is 32.4 Å². The number of anilines is 1. The number of nitrogens with one attached hydrogen (secondary N) is 1. The van der Waals surface area contributed by atoms with Crippen molar-refractivity contribution in [1.29, 1.82) is 0 Å². The number of hydrogen-bond acceptors (Lipinski definition) is 7. The summed E-state index contributed by atoms with van der Waals surface area (Å²) in [6, 6.07) is 8.07. The van der Waals surface area contributed by atoms with Crippen LogP contribution in [0.3, 0.4) is 0 Å². The summed E-state index contributed by atoms with van der Waals surface area (Å²) in [6.45, 7) is 3.46. The van der Waals surface area contributed by atoms with Crippen LogP contribution in [0, 0.1) is 30.2 Å². The molecule has 7 nitrogen and oxygen atoms in total. The minimum Gasteiger partial charge on any atom is -0.276 e. The van der Waals surface area contributed by atoms with Crippen molar-refractivity contribution >= 4 is 27.0 Å². The van der Waals surface area contributed by atoms with Gasteiger partial charge in [0.15, 0.2) is 10.7 Å². The number of aryl methyl sites for hydroxylation is 2. The standard InChI is InChI=1S/C27H19F4N5O2S2/c1-3-22-33-8-7-20(34-22)25-24(35-27(39-25)15-11-16(28)13-32-12-15)17-9-14(2)10-21(23(17)31)36-40(37,38)26-18(29)5-4-6-19(26)30/h4-13,36H,3H2,1-2H3. The molecule has 3 aromatic heterocycles. The number of pyridine rings is 1. The molecule has 0 aliphatic rings. The molecule has 0 spiro atoms. The molecule has 5 rings (SSSR count). The van der Waals surface area contributed by atoms with Crippen LogP contribution in [0.2, 0.25) is 0 Å². The third-order valence-electron chi connectivity index (χ3n) is 5.74. The molecule has 0 atom stereocenters. The normalized spacial score (nSPS) is 11.6. The highest BCUT2D eigenvalue weighted by molar-refractivity contribution is 7.92. The molecule has 5 aromatic rings. The Bertz CT molecular complexity index is 1840. The molecule has 0 aliphatic heterocycles. The summed E-state index contributed by atoms with van der Waals surface area (Å²) in [6.07, 6.45) is 4.51. The Morgan fingerprint density at radius 3 is 2.42 bits per heavy atom. The zero-order valence-electron chi connectivity index (χ0n) is 20.9. The average molecular weight is 586 g/mol. The third-order valence-corrected chi connectivity index (χ3v) is 8.28. The first kappa shape index (κ1) is 27.3. The van der Waals surface area contributed by atoms with Crippen LogP contribution < -0.4 is 4.72 Å². The van der Waals surface area contributed by atoms with E-state index in [1.54, 1.807) is 19.2 Å². The van der Waals surface area contributed by atoms with Gasteiger partial charge in [0.1, 0.15) is 28.3 Å². The summed E-state index contributed by atoms with van der Waals surface area (Å²) in [7, 11) is -4.86. The van der Waals surface area contributed by atoms with Gasteiger partial charge >= 0.3 is 0 Å². The SMILES string of the molecule is CCc1nccc(-c2sc(-c3cncc(F)c3)nc2-c2cc(C)cc(NS(=O)(=O)c3c(F)cccc3F)c2F)n1. The van der Waals surface area contributed by atoms with Crippen molar-refractivity contribution in [2.24, 2.45) is 0 Å². The first-order chi connectivity index (χ1) is 19.1. The summed E-state index contributed by atoms with van der Waals surface area (Å²) in [5.74, 6) is -3.76.